The molecule has 2 heterocycles. The fourth-order valence-corrected chi connectivity index (χ4v) is 2.18. The summed E-state index contributed by atoms with van der Waals surface area (Å²) >= 11 is 0. The second-order valence-electron chi connectivity index (χ2n) is 4.69. The highest BCUT2D eigenvalue weighted by atomic mass is 16.5. The zero-order chi connectivity index (χ0) is 12.8. The summed E-state index contributed by atoms with van der Waals surface area (Å²) in [4.78, 5) is 14.2. The maximum absolute atomic E-state index is 12.3. The molecule has 1 unspecified atom stereocenters. The van der Waals surface area contributed by atoms with Crippen LogP contribution >= 0.6 is 0 Å². The average Bonchev–Trinajstić information content (AvgIpc) is 3.06. The van der Waals surface area contributed by atoms with Crippen LogP contribution in [0.15, 0.2) is 22.8 Å². The Bertz CT molecular complexity index is 355. The molecule has 0 spiro atoms. The standard InChI is InChI=1S/C14H21NO3/c1-2-3-8-15(11-12-6-4-9-17-12)14(16)13-7-5-10-18-13/h4,6,9,13H,2-3,5,7-8,10-11H2,1H3. The lowest BCUT2D eigenvalue weighted by atomic mass is 10.2. The molecule has 0 radical (unpaired) electrons. The van der Waals surface area contributed by atoms with E-state index in [2.05, 4.69) is 6.92 Å². The topological polar surface area (TPSA) is 42.7 Å². The molecule has 0 aromatic carbocycles. The van der Waals surface area contributed by atoms with E-state index in [9.17, 15) is 4.79 Å². The largest absolute Gasteiger partial charge is 0.467 e. The lowest BCUT2D eigenvalue weighted by Gasteiger charge is -2.24. The number of rotatable bonds is 6. The molecular formula is C14H21NO3. The molecule has 1 aromatic heterocycles. The number of amides is 1. The van der Waals surface area contributed by atoms with Gasteiger partial charge in [-0.25, -0.2) is 0 Å². The number of furan rings is 1. The maximum Gasteiger partial charge on any atom is 0.252 e. The lowest BCUT2D eigenvalue weighted by molar-refractivity contribution is -0.141. The van der Waals surface area contributed by atoms with Gasteiger partial charge in [0.25, 0.3) is 5.91 Å². The Morgan fingerprint density at radius 3 is 3.06 bits per heavy atom. The fourth-order valence-electron chi connectivity index (χ4n) is 2.18. The Morgan fingerprint density at radius 2 is 2.44 bits per heavy atom. The first-order valence-electron chi connectivity index (χ1n) is 6.74. The van der Waals surface area contributed by atoms with Gasteiger partial charge in [-0.2, -0.15) is 0 Å². The van der Waals surface area contributed by atoms with Gasteiger partial charge in [-0.15, -0.1) is 0 Å². The summed E-state index contributed by atoms with van der Waals surface area (Å²) in [6.45, 7) is 4.15. The summed E-state index contributed by atoms with van der Waals surface area (Å²) in [7, 11) is 0. The third-order valence-corrected chi connectivity index (χ3v) is 3.23. The van der Waals surface area contributed by atoms with Crippen LogP contribution in [0.3, 0.4) is 0 Å². The van der Waals surface area contributed by atoms with Crippen LogP contribution in [-0.2, 0) is 16.1 Å². The van der Waals surface area contributed by atoms with Crippen molar-refractivity contribution in [1.82, 2.24) is 4.90 Å². The average molecular weight is 251 g/mol. The van der Waals surface area contributed by atoms with Crippen LogP contribution in [-0.4, -0.2) is 30.1 Å². The highest BCUT2D eigenvalue weighted by Gasteiger charge is 2.28. The second kappa shape index (κ2) is 6.59. The Labute approximate surface area is 108 Å². The molecule has 1 aliphatic heterocycles. The summed E-state index contributed by atoms with van der Waals surface area (Å²) < 4.78 is 10.8. The molecule has 1 fully saturated rings. The van der Waals surface area contributed by atoms with Crippen LogP contribution in [0, 0.1) is 0 Å². The highest BCUT2D eigenvalue weighted by Crippen LogP contribution is 2.17. The van der Waals surface area contributed by atoms with Gasteiger partial charge in [0, 0.05) is 13.2 Å². The molecule has 1 aromatic rings. The van der Waals surface area contributed by atoms with E-state index in [0.29, 0.717) is 13.2 Å². The van der Waals surface area contributed by atoms with Gasteiger partial charge in [-0.05, 0) is 31.4 Å². The predicted molar refractivity (Wildman–Crippen MR) is 68.0 cm³/mol. The number of unbranched alkanes of at least 4 members (excludes halogenated alkanes) is 1. The predicted octanol–water partition coefficient (Wildman–Crippen LogP) is 2.59. The quantitative estimate of drug-likeness (QED) is 0.780. The van der Waals surface area contributed by atoms with E-state index in [4.69, 9.17) is 9.15 Å². The van der Waals surface area contributed by atoms with E-state index in [-0.39, 0.29) is 12.0 Å². The van der Waals surface area contributed by atoms with Gasteiger partial charge < -0.3 is 14.1 Å². The van der Waals surface area contributed by atoms with Crippen LogP contribution in [0.4, 0.5) is 0 Å². The summed E-state index contributed by atoms with van der Waals surface area (Å²) in [6, 6.07) is 3.76. The Kier molecular flexibility index (Phi) is 4.81. The van der Waals surface area contributed by atoms with Crippen molar-refractivity contribution in [1.29, 1.82) is 0 Å². The van der Waals surface area contributed by atoms with Crippen molar-refractivity contribution >= 4 is 5.91 Å². The number of hydrogen-bond acceptors (Lipinski definition) is 3. The molecule has 100 valence electrons. The summed E-state index contributed by atoms with van der Waals surface area (Å²) in [5.74, 6) is 0.940. The van der Waals surface area contributed by atoms with Crippen molar-refractivity contribution in [2.45, 2.75) is 45.3 Å². The van der Waals surface area contributed by atoms with Crippen molar-refractivity contribution in [2.75, 3.05) is 13.2 Å². The second-order valence-corrected chi connectivity index (χ2v) is 4.69. The Morgan fingerprint density at radius 1 is 1.56 bits per heavy atom. The maximum atomic E-state index is 12.3. The fraction of sp³-hybridized carbons (Fsp3) is 0.643. The minimum atomic E-state index is -0.239. The van der Waals surface area contributed by atoms with E-state index in [1.54, 1.807) is 6.26 Å². The van der Waals surface area contributed by atoms with Gasteiger partial charge in [-0.1, -0.05) is 13.3 Å². The molecule has 0 aliphatic carbocycles. The van der Waals surface area contributed by atoms with Gasteiger partial charge >= 0.3 is 0 Å². The Balaban J connectivity index is 1.96. The van der Waals surface area contributed by atoms with Crippen molar-refractivity contribution < 1.29 is 13.9 Å². The molecule has 2 rings (SSSR count). The normalized spacial score (nSPS) is 19.1. The van der Waals surface area contributed by atoms with Crippen LogP contribution < -0.4 is 0 Å². The van der Waals surface area contributed by atoms with E-state index < -0.39 is 0 Å². The first kappa shape index (κ1) is 13.1. The molecule has 1 saturated heterocycles. The SMILES string of the molecule is CCCCN(Cc1ccco1)C(=O)C1CCCO1. The minimum absolute atomic E-state index is 0.109. The highest BCUT2D eigenvalue weighted by molar-refractivity contribution is 5.81. The van der Waals surface area contributed by atoms with Crippen molar-refractivity contribution in [2.24, 2.45) is 0 Å². The zero-order valence-electron chi connectivity index (χ0n) is 10.9. The van der Waals surface area contributed by atoms with Crippen molar-refractivity contribution in [3.63, 3.8) is 0 Å². The summed E-state index contributed by atoms with van der Waals surface area (Å²) in [5, 5.41) is 0. The number of carbonyl (C=O) groups is 1. The van der Waals surface area contributed by atoms with Crippen LogP contribution in [0.25, 0.3) is 0 Å². The minimum Gasteiger partial charge on any atom is -0.467 e. The van der Waals surface area contributed by atoms with E-state index >= 15 is 0 Å². The molecule has 1 atom stereocenters. The van der Waals surface area contributed by atoms with Crippen molar-refractivity contribution in [3.05, 3.63) is 24.2 Å². The molecule has 4 heteroatoms. The van der Waals surface area contributed by atoms with Crippen LogP contribution in [0.1, 0.15) is 38.4 Å². The zero-order valence-corrected chi connectivity index (χ0v) is 10.9. The molecule has 18 heavy (non-hydrogen) atoms. The molecule has 1 aliphatic rings. The Hall–Kier alpha value is -1.29. The van der Waals surface area contributed by atoms with Gasteiger partial charge in [-0.3, -0.25) is 4.79 Å². The number of nitrogens with zero attached hydrogens (tertiary/aromatic N) is 1. The van der Waals surface area contributed by atoms with Gasteiger partial charge in [0.15, 0.2) is 0 Å². The molecule has 0 N–H and O–H groups in total. The monoisotopic (exact) mass is 251 g/mol. The first-order chi connectivity index (χ1) is 8.81. The van der Waals surface area contributed by atoms with Crippen LogP contribution in [0.2, 0.25) is 0 Å². The first-order valence-corrected chi connectivity index (χ1v) is 6.74. The third-order valence-electron chi connectivity index (χ3n) is 3.23. The van der Waals surface area contributed by atoms with Gasteiger partial charge in [0.05, 0.1) is 12.8 Å². The number of hydrogen-bond donors (Lipinski definition) is 0. The van der Waals surface area contributed by atoms with Gasteiger partial charge in [0.1, 0.15) is 11.9 Å². The van der Waals surface area contributed by atoms with E-state index in [0.717, 1.165) is 38.0 Å². The molecule has 4 nitrogen and oxygen atoms in total. The van der Waals surface area contributed by atoms with Crippen LogP contribution in [0.5, 0.6) is 0 Å². The summed E-state index contributed by atoms with van der Waals surface area (Å²) in [6.07, 6.45) is 5.33. The summed E-state index contributed by atoms with van der Waals surface area (Å²) in [5.41, 5.74) is 0. The molecule has 1 amide bonds. The van der Waals surface area contributed by atoms with E-state index in [1.165, 1.54) is 0 Å². The van der Waals surface area contributed by atoms with Crippen molar-refractivity contribution in [3.8, 4) is 0 Å². The molecule has 0 bridgehead atoms. The van der Waals surface area contributed by atoms with E-state index in [1.807, 2.05) is 17.0 Å². The lowest BCUT2D eigenvalue weighted by Crippen LogP contribution is -2.39. The molecular weight excluding hydrogens is 230 g/mol. The third kappa shape index (κ3) is 3.35. The number of ether oxygens (including phenoxy) is 1. The smallest absolute Gasteiger partial charge is 0.252 e. The number of carbonyl (C=O) groups excluding carboxylic acids is 1. The molecule has 0 saturated carbocycles. The van der Waals surface area contributed by atoms with Gasteiger partial charge in [0.2, 0.25) is 0 Å².